The number of anilines is 1. The summed E-state index contributed by atoms with van der Waals surface area (Å²) in [5.74, 6) is 0.333. The average Bonchev–Trinajstić information content (AvgIpc) is 3.27. The molecule has 0 aromatic heterocycles. The van der Waals surface area contributed by atoms with Gasteiger partial charge in [-0.15, -0.1) is 0 Å². The number of nitrogens with zero attached hydrogens (tertiary/aromatic N) is 3. The number of nitrogens with one attached hydrogen (secondary N) is 1. The molecule has 0 spiro atoms. The highest BCUT2D eigenvalue weighted by Crippen LogP contribution is 2.32. The van der Waals surface area contributed by atoms with Gasteiger partial charge in [-0.1, -0.05) is 24.3 Å². The minimum atomic E-state index is -4.37. The normalized spacial score (nSPS) is 21.7. The van der Waals surface area contributed by atoms with Gasteiger partial charge in [-0.05, 0) is 44.5 Å². The molecule has 2 aromatic carbocycles. The van der Waals surface area contributed by atoms with E-state index in [9.17, 15) is 23.1 Å². The Morgan fingerprint density at radius 2 is 1.80 bits per heavy atom. The first-order valence-corrected chi connectivity index (χ1v) is 12.1. The van der Waals surface area contributed by atoms with Gasteiger partial charge in [0.2, 0.25) is 5.91 Å². The summed E-state index contributed by atoms with van der Waals surface area (Å²) in [7, 11) is 0. The lowest BCUT2D eigenvalue weighted by molar-refractivity contribution is -0.137. The quantitative estimate of drug-likeness (QED) is 0.647. The van der Waals surface area contributed by atoms with E-state index < -0.39 is 11.7 Å². The summed E-state index contributed by atoms with van der Waals surface area (Å²) in [6, 6.07) is 12.7. The van der Waals surface area contributed by atoms with Gasteiger partial charge in [-0.2, -0.15) is 13.2 Å². The average molecular weight is 491 g/mol. The van der Waals surface area contributed by atoms with Crippen molar-refractivity contribution < 1.29 is 23.1 Å². The number of hydrogen-bond donors (Lipinski definition) is 2. The molecule has 2 atom stereocenters. The van der Waals surface area contributed by atoms with Gasteiger partial charge >= 0.3 is 6.18 Å². The second-order valence-electron chi connectivity index (χ2n) is 9.61. The van der Waals surface area contributed by atoms with Gasteiger partial charge < -0.3 is 20.2 Å². The number of likely N-dealkylation sites (tertiary alicyclic amines) is 1. The molecule has 2 N–H and O–H groups in total. The number of halogens is 3. The Bertz CT molecular complexity index is 1020. The molecule has 190 valence electrons. The van der Waals surface area contributed by atoms with Gasteiger partial charge in [-0.3, -0.25) is 9.69 Å². The van der Waals surface area contributed by atoms with Crippen LogP contribution in [0.4, 0.5) is 18.9 Å². The van der Waals surface area contributed by atoms with Crippen molar-refractivity contribution in [2.75, 3.05) is 37.6 Å². The minimum absolute atomic E-state index is 0.0780. The number of amides is 1. The van der Waals surface area contributed by atoms with Crippen molar-refractivity contribution >= 4 is 11.6 Å². The fourth-order valence-corrected chi connectivity index (χ4v) is 5.01. The van der Waals surface area contributed by atoms with E-state index in [1.807, 2.05) is 21.9 Å². The zero-order valence-corrected chi connectivity index (χ0v) is 20.1. The van der Waals surface area contributed by atoms with Crippen LogP contribution >= 0.6 is 0 Å². The third kappa shape index (κ3) is 5.90. The van der Waals surface area contributed by atoms with E-state index in [4.69, 9.17) is 0 Å². The molecule has 2 aromatic rings. The van der Waals surface area contributed by atoms with E-state index in [0.717, 1.165) is 18.2 Å². The molecule has 1 amide bonds. The number of alkyl halides is 3. The van der Waals surface area contributed by atoms with Crippen LogP contribution in [0.3, 0.4) is 0 Å². The Kier molecular flexibility index (Phi) is 7.56. The van der Waals surface area contributed by atoms with Crippen LogP contribution in [0.15, 0.2) is 48.5 Å². The van der Waals surface area contributed by atoms with Crippen LogP contribution in [0.25, 0.3) is 0 Å². The SMILES string of the molecule is CC(C)N1C[C@@H](NCc2ccccc2O)C[C@H]1C(=O)N1CCN(c2cccc(C(F)(F)F)c2)CC1. The first-order chi connectivity index (χ1) is 16.6. The number of para-hydroxylation sites is 1. The van der Waals surface area contributed by atoms with E-state index in [1.165, 1.54) is 12.1 Å². The molecule has 2 fully saturated rings. The van der Waals surface area contributed by atoms with Gasteiger partial charge in [0.25, 0.3) is 0 Å². The molecule has 9 heteroatoms. The predicted octanol–water partition coefficient (Wildman–Crippen LogP) is 3.70. The molecule has 0 aliphatic carbocycles. The van der Waals surface area contributed by atoms with E-state index in [0.29, 0.717) is 44.8 Å². The highest BCUT2D eigenvalue weighted by Gasteiger charge is 2.40. The molecule has 0 radical (unpaired) electrons. The van der Waals surface area contributed by atoms with Gasteiger partial charge in [0, 0.05) is 62.6 Å². The molecule has 2 saturated heterocycles. The van der Waals surface area contributed by atoms with Crippen molar-refractivity contribution in [3.05, 3.63) is 59.7 Å². The third-order valence-corrected chi connectivity index (χ3v) is 6.99. The molecule has 0 unspecified atom stereocenters. The van der Waals surface area contributed by atoms with Crippen LogP contribution < -0.4 is 10.2 Å². The molecule has 2 aliphatic heterocycles. The standard InChI is InChI=1S/C26H33F3N4O2/c1-18(2)33-17-21(30-16-19-6-3-4-9-24(19)34)15-23(33)25(35)32-12-10-31(11-13-32)22-8-5-7-20(14-22)26(27,28)29/h3-9,14,18,21,23,30,34H,10-13,15-17H2,1-2H3/t21-,23-/m0/s1. The van der Waals surface area contributed by atoms with Gasteiger partial charge in [0.05, 0.1) is 11.6 Å². The molecule has 4 rings (SSSR count). The number of phenols is 1. The summed E-state index contributed by atoms with van der Waals surface area (Å²) < 4.78 is 39.3. The second-order valence-corrected chi connectivity index (χ2v) is 9.61. The smallest absolute Gasteiger partial charge is 0.416 e. The van der Waals surface area contributed by atoms with Gasteiger partial charge in [-0.25, -0.2) is 0 Å². The molecule has 2 aliphatic rings. The monoisotopic (exact) mass is 490 g/mol. The van der Waals surface area contributed by atoms with Crippen molar-refractivity contribution in [2.24, 2.45) is 0 Å². The Morgan fingerprint density at radius 3 is 2.46 bits per heavy atom. The second kappa shape index (κ2) is 10.5. The highest BCUT2D eigenvalue weighted by atomic mass is 19.4. The van der Waals surface area contributed by atoms with Crippen molar-refractivity contribution in [2.45, 2.75) is 51.1 Å². The summed E-state index contributed by atoms with van der Waals surface area (Å²) in [5.41, 5.74) is 0.698. The minimum Gasteiger partial charge on any atom is -0.508 e. The Labute approximate surface area is 204 Å². The maximum Gasteiger partial charge on any atom is 0.416 e. The van der Waals surface area contributed by atoms with Crippen LogP contribution in [0, 0.1) is 0 Å². The summed E-state index contributed by atoms with van der Waals surface area (Å²) in [6.45, 7) is 7.38. The Balaban J connectivity index is 1.35. The maximum atomic E-state index is 13.5. The maximum absolute atomic E-state index is 13.5. The largest absolute Gasteiger partial charge is 0.508 e. The van der Waals surface area contributed by atoms with Crippen molar-refractivity contribution in [3.8, 4) is 5.75 Å². The molecular weight excluding hydrogens is 457 g/mol. The van der Waals surface area contributed by atoms with E-state index in [1.54, 1.807) is 18.2 Å². The fourth-order valence-electron chi connectivity index (χ4n) is 5.01. The first kappa shape index (κ1) is 25.3. The molecule has 0 bridgehead atoms. The zero-order valence-electron chi connectivity index (χ0n) is 20.1. The van der Waals surface area contributed by atoms with Gasteiger partial charge in [0.15, 0.2) is 0 Å². The van der Waals surface area contributed by atoms with Crippen molar-refractivity contribution in [1.29, 1.82) is 0 Å². The van der Waals surface area contributed by atoms with Crippen LogP contribution in [0.1, 0.15) is 31.4 Å². The van der Waals surface area contributed by atoms with E-state index in [-0.39, 0.29) is 29.8 Å². The van der Waals surface area contributed by atoms with E-state index in [2.05, 4.69) is 24.1 Å². The molecular formula is C26H33F3N4O2. The van der Waals surface area contributed by atoms with Crippen LogP contribution in [-0.2, 0) is 17.5 Å². The predicted molar refractivity (Wildman–Crippen MR) is 129 cm³/mol. The molecule has 2 heterocycles. The number of hydrogen-bond acceptors (Lipinski definition) is 5. The number of carbonyl (C=O) groups excluding carboxylic acids is 1. The Hall–Kier alpha value is -2.78. The fraction of sp³-hybridized carbons (Fsp3) is 0.500. The van der Waals surface area contributed by atoms with Crippen LogP contribution in [0.5, 0.6) is 5.75 Å². The lowest BCUT2D eigenvalue weighted by Gasteiger charge is -2.39. The number of phenolic OH excluding ortho intramolecular Hbond substituents is 1. The Morgan fingerprint density at radius 1 is 1.09 bits per heavy atom. The first-order valence-electron chi connectivity index (χ1n) is 12.1. The zero-order chi connectivity index (χ0) is 25.2. The third-order valence-electron chi connectivity index (χ3n) is 6.99. The van der Waals surface area contributed by atoms with Crippen molar-refractivity contribution in [1.82, 2.24) is 15.1 Å². The summed E-state index contributed by atoms with van der Waals surface area (Å²) in [5, 5.41) is 13.5. The van der Waals surface area contributed by atoms with Gasteiger partial charge in [0.1, 0.15) is 5.75 Å². The highest BCUT2D eigenvalue weighted by molar-refractivity contribution is 5.82. The number of piperazine rings is 1. The van der Waals surface area contributed by atoms with Crippen LogP contribution in [0.2, 0.25) is 0 Å². The lowest BCUT2D eigenvalue weighted by atomic mass is 10.1. The molecule has 6 nitrogen and oxygen atoms in total. The molecule has 0 saturated carbocycles. The van der Waals surface area contributed by atoms with Crippen molar-refractivity contribution in [3.63, 3.8) is 0 Å². The molecule has 35 heavy (non-hydrogen) atoms. The summed E-state index contributed by atoms with van der Waals surface area (Å²) in [4.78, 5) is 19.4. The number of benzene rings is 2. The van der Waals surface area contributed by atoms with E-state index >= 15 is 0 Å². The lowest BCUT2D eigenvalue weighted by Crippen LogP contribution is -2.54. The van der Waals surface area contributed by atoms with Crippen LogP contribution in [-0.4, -0.2) is 71.7 Å². The topological polar surface area (TPSA) is 59.1 Å². The number of rotatable bonds is 6. The number of carbonyl (C=O) groups is 1. The number of aromatic hydroxyl groups is 1. The summed E-state index contributed by atoms with van der Waals surface area (Å²) in [6.07, 6.45) is -3.70. The summed E-state index contributed by atoms with van der Waals surface area (Å²) >= 11 is 0.